The van der Waals surface area contributed by atoms with E-state index in [1.54, 1.807) is 6.26 Å². The van der Waals surface area contributed by atoms with Gasteiger partial charge in [-0.05, 0) is 45.0 Å². The fourth-order valence-electron chi connectivity index (χ4n) is 2.57. The Hall–Kier alpha value is -1.93. The molecule has 1 aromatic heterocycles. The molecule has 1 aliphatic rings. The first-order chi connectivity index (χ1) is 10.3. The van der Waals surface area contributed by atoms with Crippen molar-refractivity contribution >= 4 is 5.96 Å². The molecule has 0 saturated carbocycles. The van der Waals surface area contributed by atoms with E-state index in [1.165, 1.54) is 12.8 Å². The maximum atomic E-state index is 5.60. The molecule has 0 bridgehead atoms. The second-order valence-electron chi connectivity index (χ2n) is 5.05. The Labute approximate surface area is 126 Å². The highest BCUT2D eigenvalue weighted by Crippen LogP contribution is 2.25. The summed E-state index contributed by atoms with van der Waals surface area (Å²) in [4.78, 5) is 7.09. The highest BCUT2D eigenvalue weighted by atomic mass is 16.3. The van der Waals surface area contributed by atoms with Gasteiger partial charge in [0.05, 0.1) is 25.4 Å². The smallest absolute Gasteiger partial charge is 0.192 e. The zero-order valence-corrected chi connectivity index (χ0v) is 12.6. The van der Waals surface area contributed by atoms with Crippen LogP contribution in [0.25, 0.3) is 0 Å². The van der Waals surface area contributed by atoms with Gasteiger partial charge in [-0.15, -0.1) is 6.42 Å². The van der Waals surface area contributed by atoms with Crippen molar-refractivity contribution in [3.63, 3.8) is 0 Å². The molecule has 0 spiro atoms. The number of nitrogens with one attached hydrogen (secondary N) is 2. The fourth-order valence-corrected chi connectivity index (χ4v) is 2.57. The predicted molar refractivity (Wildman–Crippen MR) is 85.1 cm³/mol. The zero-order chi connectivity index (χ0) is 14.9. The lowest BCUT2D eigenvalue weighted by Gasteiger charge is -2.24. The van der Waals surface area contributed by atoms with Gasteiger partial charge in [0.25, 0.3) is 0 Å². The molecule has 1 aromatic rings. The molecule has 2 N–H and O–H groups in total. The molecule has 0 aliphatic carbocycles. The van der Waals surface area contributed by atoms with Crippen LogP contribution in [0.4, 0.5) is 0 Å². The number of hydrogen-bond donors (Lipinski definition) is 2. The van der Waals surface area contributed by atoms with Gasteiger partial charge in [-0.3, -0.25) is 9.89 Å². The van der Waals surface area contributed by atoms with Crippen molar-refractivity contribution in [1.82, 2.24) is 15.5 Å². The Morgan fingerprint density at radius 2 is 2.29 bits per heavy atom. The minimum atomic E-state index is 0.198. The minimum Gasteiger partial charge on any atom is -0.468 e. The molecule has 1 saturated heterocycles. The summed E-state index contributed by atoms with van der Waals surface area (Å²) in [6.45, 7) is 6.20. The van der Waals surface area contributed by atoms with Gasteiger partial charge in [0.15, 0.2) is 5.96 Å². The van der Waals surface area contributed by atoms with Gasteiger partial charge >= 0.3 is 0 Å². The number of guanidine groups is 1. The minimum absolute atomic E-state index is 0.198. The summed E-state index contributed by atoms with van der Waals surface area (Å²) in [5.74, 6) is 4.30. The van der Waals surface area contributed by atoms with E-state index in [4.69, 9.17) is 10.8 Å². The topological polar surface area (TPSA) is 52.8 Å². The first-order valence-electron chi connectivity index (χ1n) is 7.58. The van der Waals surface area contributed by atoms with Crippen molar-refractivity contribution in [2.75, 3.05) is 32.7 Å². The van der Waals surface area contributed by atoms with Gasteiger partial charge in [-0.2, -0.15) is 0 Å². The molecular formula is C16H24N4O. The lowest BCUT2D eigenvalue weighted by molar-refractivity contribution is 0.221. The van der Waals surface area contributed by atoms with Crippen molar-refractivity contribution in [2.45, 2.75) is 25.8 Å². The molecule has 2 rings (SSSR count). The van der Waals surface area contributed by atoms with Crippen LogP contribution in [0.5, 0.6) is 0 Å². The third kappa shape index (κ3) is 4.54. The van der Waals surface area contributed by atoms with Crippen molar-refractivity contribution in [1.29, 1.82) is 0 Å². The van der Waals surface area contributed by atoms with E-state index < -0.39 is 0 Å². The third-order valence-electron chi connectivity index (χ3n) is 3.58. The lowest BCUT2D eigenvalue weighted by Crippen LogP contribution is -2.38. The zero-order valence-electron chi connectivity index (χ0n) is 12.6. The molecule has 5 heteroatoms. The quantitative estimate of drug-likeness (QED) is 0.474. The molecule has 1 fully saturated rings. The lowest BCUT2D eigenvalue weighted by atomic mass is 10.2. The Kier molecular flexibility index (Phi) is 6.17. The molecule has 1 aliphatic heterocycles. The average molecular weight is 288 g/mol. The molecule has 1 atom stereocenters. The van der Waals surface area contributed by atoms with Gasteiger partial charge in [0.2, 0.25) is 0 Å². The van der Waals surface area contributed by atoms with Gasteiger partial charge in [-0.25, -0.2) is 0 Å². The van der Waals surface area contributed by atoms with Gasteiger partial charge < -0.3 is 15.1 Å². The van der Waals surface area contributed by atoms with E-state index in [1.807, 2.05) is 19.1 Å². The van der Waals surface area contributed by atoms with E-state index >= 15 is 0 Å². The normalized spacial score (nSPS) is 17.4. The van der Waals surface area contributed by atoms with Crippen LogP contribution >= 0.6 is 0 Å². The summed E-state index contributed by atoms with van der Waals surface area (Å²) < 4.78 is 5.60. The van der Waals surface area contributed by atoms with Gasteiger partial charge in [-0.1, -0.05) is 5.92 Å². The van der Waals surface area contributed by atoms with Crippen LogP contribution in [0.1, 0.15) is 31.6 Å². The van der Waals surface area contributed by atoms with Crippen LogP contribution in [0, 0.1) is 12.3 Å². The Bertz CT molecular complexity index is 469. The van der Waals surface area contributed by atoms with E-state index in [-0.39, 0.29) is 6.04 Å². The number of aliphatic imine (C=N–C) groups is 1. The monoisotopic (exact) mass is 288 g/mol. The van der Waals surface area contributed by atoms with Gasteiger partial charge in [0, 0.05) is 6.54 Å². The van der Waals surface area contributed by atoms with Crippen molar-refractivity contribution in [3.05, 3.63) is 24.2 Å². The number of nitrogens with zero attached hydrogens (tertiary/aromatic N) is 2. The molecular weight excluding hydrogens is 264 g/mol. The van der Waals surface area contributed by atoms with E-state index in [9.17, 15) is 0 Å². The molecule has 1 unspecified atom stereocenters. The maximum absolute atomic E-state index is 5.60. The molecule has 0 amide bonds. The highest BCUT2D eigenvalue weighted by Gasteiger charge is 2.25. The SMILES string of the molecule is C#CCNC(=NCC(c1ccco1)N1CCCC1)NCC. The van der Waals surface area contributed by atoms with Crippen LogP contribution in [-0.2, 0) is 0 Å². The molecule has 0 aromatic carbocycles. The molecule has 21 heavy (non-hydrogen) atoms. The molecule has 5 nitrogen and oxygen atoms in total. The van der Waals surface area contributed by atoms with Crippen LogP contribution in [-0.4, -0.2) is 43.6 Å². The number of terminal acetylenes is 1. The van der Waals surface area contributed by atoms with Crippen molar-refractivity contribution < 1.29 is 4.42 Å². The molecule has 2 heterocycles. The second-order valence-corrected chi connectivity index (χ2v) is 5.05. The van der Waals surface area contributed by atoms with Crippen LogP contribution < -0.4 is 10.6 Å². The summed E-state index contributed by atoms with van der Waals surface area (Å²) in [5, 5.41) is 6.32. The Balaban J connectivity index is 2.04. The number of likely N-dealkylation sites (tertiary alicyclic amines) is 1. The Morgan fingerprint density at radius 1 is 1.48 bits per heavy atom. The highest BCUT2D eigenvalue weighted by molar-refractivity contribution is 5.80. The largest absolute Gasteiger partial charge is 0.468 e. The first-order valence-corrected chi connectivity index (χ1v) is 7.58. The predicted octanol–water partition coefficient (Wildman–Crippen LogP) is 1.60. The number of furan rings is 1. The van der Waals surface area contributed by atoms with Crippen molar-refractivity contribution in [2.24, 2.45) is 4.99 Å². The van der Waals surface area contributed by atoms with Crippen LogP contribution in [0.3, 0.4) is 0 Å². The second kappa shape index (κ2) is 8.38. The summed E-state index contributed by atoms with van der Waals surface area (Å²) in [7, 11) is 0. The van der Waals surface area contributed by atoms with Crippen LogP contribution in [0.2, 0.25) is 0 Å². The summed E-state index contributed by atoms with van der Waals surface area (Å²) >= 11 is 0. The van der Waals surface area contributed by atoms with Crippen LogP contribution in [0.15, 0.2) is 27.8 Å². The summed E-state index contributed by atoms with van der Waals surface area (Å²) in [5.41, 5.74) is 0. The standard InChI is InChI=1S/C16H24N4O/c1-3-9-18-16(17-4-2)19-13-14(15-8-7-12-21-15)20-10-5-6-11-20/h1,7-8,12,14H,4-6,9-11,13H2,2H3,(H2,17,18,19). The van der Waals surface area contributed by atoms with E-state index in [2.05, 4.69) is 26.4 Å². The van der Waals surface area contributed by atoms with E-state index in [0.717, 1.165) is 31.4 Å². The Morgan fingerprint density at radius 3 is 2.90 bits per heavy atom. The number of hydrogen-bond acceptors (Lipinski definition) is 3. The third-order valence-corrected chi connectivity index (χ3v) is 3.58. The first kappa shape index (κ1) is 15.5. The summed E-state index contributed by atoms with van der Waals surface area (Å²) in [6, 6.07) is 4.16. The maximum Gasteiger partial charge on any atom is 0.192 e. The van der Waals surface area contributed by atoms with Crippen molar-refractivity contribution in [3.8, 4) is 12.3 Å². The molecule has 114 valence electrons. The molecule has 0 radical (unpaired) electrons. The average Bonchev–Trinajstić information content (AvgIpc) is 3.18. The fraction of sp³-hybridized carbons (Fsp3) is 0.562. The number of rotatable bonds is 6. The van der Waals surface area contributed by atoms with Gasteiger partial charge in [0.1, 0.15) is 5.76 Å². The summed E-state index contributed by atoms with van der Waals surface area (Å²) in [6.07, 6.45) is 9.51. The van der Waals surface area contributed by atoms with E-state index in [0.29, 0.717) is 13.1 Å².